The van der Waals surface area contributed by atoms with Gasteiger partial charge in [-0.05, 0) is 12.8 Å². The van der Waals surface area contributed by atoms with Gasteiger partial charge >= 0.3 is 0 Å². The van der Waals surface area contributed by atoms with Gasteiger partial charge in [0.25, 0.3) is 0 Å². The van der Waals surface area contributed by atoms with E-state index in [1.807, 2.05) is 26.2 Å². The Balaban J connectivity index is 2.40. The van der Waals surface area contributed by atoms with Crippen LogP contribution in [-0.4, -0.2) is 16.9 Å². The second kappa shape index (κ2) is 5.96. The van der Waals surface area contributed by atoms with Crippen molar-refractivity contribution in [3.8, 4) is 0 Å². The van der Waals surface area contributed by atoms with E-state index in [-0.39, 0.29) is 11.8 Å². The summed E-state index contributed by atoms with van der Waals surface area (Å²) in [6, 6.07) is -0.426. The minimum atomic E-state index is -0.426. The summed E-state index contributed by atoms with van der Waals surface area (Å²) in [6.45, 7) is 6.42. The summed E-state index contributed by atoms with van der Waals surface area (Å²) in [5, 5.41) is 5.77. The molecule has 1 rings (SSSR count). The molecule has 5 heteroatoms. The van der Waals surface area contributed by atoms with Crippen molar-refractivity contribution in [1.82, 2.24) is 10.3 Å². The van der Waals surface area contributed by atoms with Gasteiger partial charge in [0.15, 0.2) is 0 Å². The maximum absolute atomic E-state index is 11.7. The van der Waals surface area contributed by atoms with Crippen molar-refractivity contribution in [1.29, 1.82) is 0 Å². The SMILES string of the molecule is CC[C@H](C)[C@H](N)C(=O)NCc1csc(C)n1. The van der Waals surface area contributed by atoms with Crippen molar-refractivity contribution in [2.45, 2.75) is 39.8 Å². The summed E-state index contributed by atoms with van der Waals surface area (Å²) in [5.74, 6) is 0.108. The highest BCUT2D eigenvalue weighted by Crippen LogP contribution is 2.08. The van der Waals surface area contributed by atoms with Gasteiger partial charge in [0.1, 0.15) is 0 Å². The summed E-state index contributed by atoms with van der Waals surface area (Å²) in [5.41, 5.74) is 6.71. The van der Waals surface area contributed by atoms with Gasteiger partial charge in [-0.15, -0.1) is 11.3 Å². The molecule has 0 aliphatic rings. The molecule has 0 saturated heterocycles. The zero-order valence-corrected chi connectivity index (χ0v) is 10.8. The average molecular weight is 241 g/mol. The molecule has 0 fully saturated rings. The summed E-state index contributed by atoms with van der Waals surface area (Å²) in [4.78, 5) is 15.9. The Bertz CT molecular complexity index is 351. The van der Waals surface area contributed by atoms with Gasteiger partial charge in [-0.25, -0.2) is 4.98 Å². The Morgan fingerprint density at radius 3 is 2.88 bits per heavy atom. The third-order valence-corrected chi connectivity index (χ3v) is 3.49. The summed E-state index contributed by atoms with van der Waals surface area (Å²) in [7, 11) is 0. The molecule has 1 aromatic rings. The Morgan fingerprint density at radius 1 is 1.69 bits per heavy atom. The predicted octanol–water partition coefficient (Wildman–Crippen LogP) is 1.44. The monoisotopic (exact) mass is 241 g/mol. The number of nitrogens with one attached hydrogen (secondary N) is 1. The number of thiazole rings is 1. The van der Waals surface area contributed by atoms with Crippen LogP contribution in [-0.2, 0) is 11.3 Å². The van der Waals surface area contributed by atoms with Crippen molar-refractivity contribution < 1.29 is 4.79 Å². The second-order valence-electron chi connectivity index (χ2n) is 3.99. The molecule has 90 valence electrons. The summed E-state index contributed by atoms with van der Waals surface area (Å²) < 4.78 is 0. The van der Waals surface area contributed by atoms with E-state index in [0.29, 0.717) is 6.54 Å². The highest BCUT2D eigenvalue weighted by atomic mass is 32.1. The van der Waals surface area contributed by atoms with Crippen LogP contribution in [0, 0.1) is 12.8 Å². The number of rotatable bonds is 5. The third kappa shape index (κ3) is 3.57. The molecule has 1 aromatic heterocycles. The number of carbonyl (C=O) groups excluding carboxylic acids is 1. The first-order chi connectivity index (χ1) is 7.54. The van der Waals surface area contributed by atoms with E-state index in [1.165, 1.54) is 0 Å². The van der Waals surface area contributed by atoms with Crippen LogP contribution in [0.25, 0.3) is 0 Å². The molecule has 0 aliphatic carbocycles. The summed E-state index contributed by atoms with van der Waals surface area (Å²) >= 11 is 1.58. The quantitative estimate of drug-likeness (QED) is 0.819. The fourth-order valence-corrected chi connectivity index (χ4v) is 1.91. The highest BCUT2D eigenvalue weighted by Gasteiger charge is 2.18. The Labute approximate surface area is 100 Å². The first-order valence-corrected chi connectivity index (χ1v) is 6.36. The van der Waals surface area contributed by atoms with Crippen LogP contribution in [0.1, 0.15) is 31.0 Å². The van der Waals surface area contributed by atoms with E-state index in [2.05, 4.69) is 10.3 Å². The normalized spacial score (nSPS) is 14.5. The van der Waals surface area contributed by atoms with E-state index in [0.717, 1.165) is 17.1 Å². The molecule has 0 radical (unpaired) electrons. The van der Waals surface area contributed by atoms with Gasteiger partial charge in [0, 0.05) is 5.38 Å². The topological polar surface area (TPSA) is 68.0 Å². The summed E-state index contributed by atoms with van der Waals surface area (Å²) in [6.07, 6.45) is 0.907. The van der Waals surface area contributed by atoms with Gasteiger partial charge in [0.2, 0.25) is 5.91 Å². The van der Waals surface area contributed by atoms with E-state index >= 15 is 0 Å². The highest BCUT2D eigenvalue weighted by molar-refractivity contribution is 7.09. The number of hydrogen-bond donors (Lipinski definition) is 2. The molecule has 1 amide bonds. The van der Waals surface area contributed by atoms with E-state index in [4.69, 9.17) is 5.73 Å². The van der Waals surface area contributed by atoms with Gasteiger partial charge in [0.05, 0.1) is 23.3 Å². The first-order valence-electron chi connectivity index (χ1n) is 5.48. The molecule has 0 aliphatic heterocycles. The maximum atomic E-state index is 11.7. The van der Waals surface area contributed by atoms with Gasteiger partial charge in [-0.2, -0.15) is 0 Å². The first kappa shape index (κ1) is 13.1. The number of hydrogen-bond acceptors (Lipinski definition) is 4. The minimum Gasteiger partial charge on any atom is -0.349 e. The van der Waals surface area contributed by atoms with Crippen LogP contribution in [0.15, 0.2) is 5.38 Å². The molecule has 16 heavy (non-hydrogen) atoms. The Morgan fingerprint density at radius 2 is 2.38 bits per heavy atom. The number of aromatic nitrogens is 1. The molecular weight excluding hydrogens is 222 g/mol. The van der Waals surface area contributed by atoms with Crippen LogP contribution < -0.4 is 11.1 Å². The lowest BCUT2D eigenvalue weighted by Gasteiger charge is -2.17. The molecule has 0 aromatic carbocycles. The van der Waals surface area contributed by atoms with Crippen LogP contribution in [0.4, 0.5) is 0 Å². The number of amides is 1. The smallest absolute Gasteiger partial charge is 0.237 e. The van der Waals surface area contributed by atoms with Crippen LogP contribution in [0.3, 0.4) is 0 Å². The van der Waals surface area contributed by atoms with Crippen molar-refractivity contribution in [3.05, 3.63) is 16.1 Å². The lowest BCUT2D eigenvalue weighted by atomic mass is 9.99. The Hall–Kier alpha value is -0.940. The van der Waals surface area contributed by atoms with Gasteiger partial charge in [-0.1, -0.05) is 20.3 Å². The lowest BCUT2D eigenvalue weighted by molar-refractivity contribution is -0.123. The fraction of sp³-hybridized carbons (Fsp3) is 0.636. The number of aryl methyl sites for hydroxylation is 1. The molecular formula is C11H19N3OS. The van der Waals surface area contributed by atoms with E-state index < -0.39 is 6.04 Å². The second-order valence-corrected chi connectivity index (χ2v) is 5.05. The number of nitrogens with zero attached hydrogens (tertiary/aromatic N) is 1. The van der Waals surface area contributed by atoms with Crippen LogP contribution in [0.5, 0.6) is 0 Å². The molecule has 1 heterocycles. The molecule has 4 nitrogen and oxygen atoms in total. The number of carbonyl (C=O) groups is 1. The minimum absolute atomic E-state index is 0.0972. The van der Waals surface area contributed by atoms with Crippen LogP contribution in [0.2, 0.25) is 0 Å². The van der Waals surface area contributed by atoms with Crippen molar-refractivity contribution in [3.63, 3.8) is 0 Å². The Kier molecular flexibility index (Phi) is 4.89. The maximum Gasteiger partial charge on any atom is 0.237 e. The predicted molar refractivity (Wildman–Crippen MR) is 66.1 cm³/mol. The van der Waals surface area contributed by atoms with Crippen LogP contribution >= 0.6 is 11.3 Å². The molecule has 2 atom stereocenters. The lowest BCUT2D eigenvalue weighted by Crippen LogP contribution is -2.44. The van der Waals surface area contributed by atoms with Crippen molar-refractivity contribution in [2.75, 3.05) is 0 Å². The van der Waals surface area contributed by atoms with Gasteiger partial charge in [-0.3, -0.25) is 4.79 Å². The molecule has 0 saturated carbocycles. The fourth-order valence-electron chi connectivity index (χ4n) is 1.30. The molecule has 0 unspecified atom stereocenters. The average Bonchev–Trinajstić information content (AvgIpc) is 2.69. The third-order valence-electron chi connectivity index (χ3n) is 2.67. The van der Waals surface area contributed by atoms with Gasteiger partial charge < -0.3 is 11.1 Å². The van der Waals surface area contributed by atoms with Crippen molar-refractivity contribution in [2.24, 2.45) is 11.7 Å². The van der Waals surface area contributed by atoms with Crippen molar-refractivity contribution >= 4 is 17.2 Å². The van der Waals surface area contributed by atoms with E-state index in [1.54, 1.807) is 11.3 Å². The zero-order chi connectivity index (χ0) is 12.1. The van der Waals surface area contributed by atoms with E-state index in [9.17, 15) is 4.79 Å². The molecule has 0 bridgehead atoms. The zero-order valence-electron chi connectivity index (χ0n) is 9.99. The molecule has 0 spiro atoms. The molecule has 3 N–H and O–H groups in total. The number of nitrogens with two attached hydrogens (primary N) is 1. The largest absolute Gasteiger partial charge is 0.349 e. The standard InChI is InChI=1S/C11H19N3OS/c1-4-7(2)10(12)11(15)13-5-9-6-16-8(3)14-9/h6-7,10H,4-5,12H2,1-3H3,(H,13,15)/t7-,10-/m0/s1.